The number of ether oxygens (including phenoxy) is 3. The standard InChI is InChI=1S/C55H98O6/c1-4-7-10-13-16-19-22-25-26-27-28-31-33-36-39-42-45-48-54(57)60-51-52(61-55(58)49-46-43-40-37-34-30-24-21-18-15-12-9-6-3)50-59-53(56)47-44-41-38-35-32-29-23-20-17-14-11-8-5-2/h16,19,25-26,28,31,36,39,52H,4-15,17-18,20-24,27,29-30,32-35,37-38,40-51H2,1-3H3/b19-16+,26-25+,31-28+,39-36+. The average Bonchev–Trinajstić information content (AvgIpc) is 3.26. The van der Waals surface area contributed by atoms with E-state index in [0.29, 0.717) is 19.3 Å². The van der Waals surface area contributed by atoms with Gasteiger partial charge in [0.15, 0.2) is 6.10 Å². The van der Waals surface area contributed by atoms with Gasteiger partial charge in [0, 0.05) is 19.3 Å². The molecule has 6 heteroatoms. The summed E-state index contributed by atoms with van der Waals surface area (Å²) in [5.41, 5.74) is 0. The van der Waals surface area contributed by atoms with Gasteiger partial charge < -0.3 is 14.2 Å². The number of carbonyl (C=O) groups is 3. The van der Waals surface area contributed by atoms with Gasteiger partial charge in [-0.2, -0.15) is 0 Å². The molecule has 0 amide bonds. The summed E-state index contributed by atoms with van der Waals surface area (Å²) in [6.45, 7) is 6.58. The van der Waals surface area contributed by atoms with E-state index < -0.39 is 6.10 Å². The highest BCUT2D eigenvalue weighted by atomic mass is 16.6. The van der Waals surface area contributed by atoms with Crippen LogP contribution in [0.1, 0.15) is 265 Å². The predicted molar refractivity (Wildman–Crippen MR) is 261 cm³/mol. The quantitative estimate of drug-likeness (QED) is 0.0263. The van der Waals surface area contributed by atoms with E-state index in [1.54, 1.807) is 0 Å². The molecule has 0 radical (unpaired) electrons. The maximum absolute atomic E-state index is 12.8. The SMILES string of the molecule is CCCCC/C=C/C/C=C/C/C=C/C/C=C/CCCC(=O)OCC(COC(=O)CCCCCCCCCCCCCCC)OC(=O)CCCCCCCCCCCCCCC. The van der Waals surface area contributed by atoms with Crippen molar-refractivity contribution in [1.29, 1.82) is 0 Å². The highest BCUT2D eigenvalue weighted by molar-refractivity contribution is 5.71. The van der Waals surface area contributed by atoms with Gasteiger partial charge >= 0.3 is 17.9 Å². The van der Waals surface area contributed by atoms with Crippen LogP contribution in [0, 0.1) is 0 Å². The minimum Gasteiger partial charge on any atom is -0.462 e. The molecule has 61 heavy (non-hydrogen) atoms. The van der Waals surface area contributed by atoms with Crippen LogP contribution in [0.15, 0.2) is 48.6 Å². The Hall–Kier alpha value is -2.63. The molecule has 6 nitrogen and oxygen atoms in total. The summed E-state index contributed by atoms with van der Waals surface area (Å²) >= 11 is 0. The molecule has 0 spiro atoms. The fourth-order valence-electron chi connectivity index (χ4n) is 7.38. The molecule has 0 aliphatic carbocycles. The number of allylic oxidation sites excluding steroid dienone is 8. The van der Waals surface area contributed by atoms with Gasteiger partial charge in [0.05, 0.1) is 0 Å². The summed E-state index contributed by atoms with van der Waals surface area (Å²) in [6, 6.07) is 0. The first-order chi connectivity index (χ1) is 30.0. The van der Waals surface area contributed by atoms with E-state index in [-0.39, 0.29) is 37.5 Å². The van der Waals surface area contributed by atoms with Crippen molar-refractivity contribution in [3.05, 3.63) is 48.6 Å². The molecule has 0 aromatic rings. The van der Waals surface area contributed by atoms with Crippen molar-refractivity contribution in [3.63, 3.8) is 0 Å². The number of unbranched alkanes of at least 4 members (excludes halogenated alkanes) is 28. The second-order valence-corrected chi connectivity index (χ2v) is 17.4. The van der Waals surface area contributed by atoms with E-state index in [1.807, 2.05) is 0 Å². The van der Waals surface area contributed by atoms with E-state index in [9.17, 15) is 14.4 Å². The van der Waals surface area contributed by atoms with E-state index in [0.717, 1.165) is 64.2 Å². The van der Waals surface area contributed by atoms with Crippen molar-refractivity contribution < 1.29 is 28.6 Å². The lowest BCUT2D eigenvalue weighted by Gasteiger charge is -2.18. The summed E-state index contributed by atoms with van der Waals surface area (Å²) in [5.74, 6) is -0.935. The maximum atomic E-state index is 12.8. The topological polar surface area (TPSA) is 78.9 Å². The van der Waals surface area contributed by atoms with Crippen LogP contribution < -0.4 is 0 Å². The first kappa shape index (κ1) is 58.4. The lowest BCUT2D eigenvalue weighted by molar-refractivity contribution is -0.167. The monoisotopic (exact) mass is 855 g/mol. The van der Waals surface area contributed by atoms with Gasteiger partial charge in [-0.15, -0.1) is 0 Å². The van der Waals surface area contributed by atoms with E-state index in [4.69, 9.17) is 14.2 Å². The normalized spacial score (nSPS) is 12.4. The Labute approximate surface area is 378 Å². The van der Waals surface area contributed by atoms with Crippen LogP contribution in [0.25, 0.3) is 0 Å². The van der Waals surface area contributed by atoms with Crippen molar-refractivity contribution in [2.75, 3.05) is 13.2 Å². The Morgan fingerprint density at radius 2 is 0.607 bits per heavy atom. The zero-order valence-corrected chi connectivity index (χ0v) is 40.4. The maximum Gasteiger partial charge on any atom is 0.306 e. The van der Waals surface area contributed by atoms with E-state index >= 15 is 0 Å². The lowest BCUT2D eigenvalue weighted by atomic mass is 10.0. The van der Waals surface area contributed by atoms with Crippen LogP contribution in [0.2, 0.25) is 0 Å². The largest absolute Gasteiger partial charge is 0.462 e. The van der Waals surface area contributed by atoms with Crippen LogP contribution in [0.4, 0.5) is 0 Å². The second-order valence-electron chi connectivity index (χ2n) is 17.4. The van der Waals surface area contributed by atoms with Gasteiger partial charge in [-0.25, -0.2) is 0 Å². The molecular formula is C55H98O6. The summed E-state index contributed by atoms with van der Waals surface area (Å²) in [5, 5.41) is 0. The van der Waals surface area contributed by atoms with Gasteiger partial charge in [0.25, 0.3) is 0 Å². The molecule has 0 saturated heterocycles. The Balaban J connectivity index is 4.43. The first-order valence-corrected chi connectivity index (χ1v) is 26.1. The highest BCUT2D eigenvalue weighted by Gasteiger charge is 2.19. The number of esters is 3. The fraction of sp³-hybridized carbons (Fsp3) is 0.800. The molecular weight excluding hydrogens is 757 g/mol. The Morgan fingerprint density at radius 3 is 0.984 bits per heavy atom. The molecule has 0 rings (SSSR count). The minimum absolute atomic E-state index is 0.0862. The third-order valence-electron chi connectivity index (χ3n) is 11.3. The average molecular weight is 855 g/mol. The number of carbonyl (C=O) groups excluding carboxylic acids is 3. The summed E-state index contributed by atoms with van der Waals surface area (Å²) in [6.07, 6.45) is 59.5. The highest BCUT2D eigenvalue weighted by Crippen LogP contribution is 2.15. The zero-order chi connectivity index (χ0) is 44.4. The van der Waals surface area contributed by atoms with Crippen LogP contribution in [-0.4, -0.2) is 37.2 Å². The van der Waals surface area contributed by atoms with Crippen LogP contribution in [-0.2, 0) is 28.6 Å². The Morgan fingerprint density at radius 1 is 0.328 bits per heavy atom. The smallest absolute Gasteiger partial charge is 0.306 e. The third-order valence-corrected chi connectivity index (χ3v) is 11.3. The van der Waals surface area contributed by atoms with Crippen LogP contribution in [0.3, 0.4) is 0 Å². The summed E-state index contributed by atoms with van der Waals surface area (Å²) < 4.78 is 16.8. The fourth-order valence-corrected chi connectivity index (χ4v) is 7.38. The summed E-state index contributed by atoms with van der Waals surface area (Å²) in [4.78, 5) is 37.9. The number of rotatable bonds is 47. The summed E-state index contributed by atoms with van der Waals surface area (Å²) in [7, 11) is 0. The molecule has 354 valence electrons. The van der Waals surface area contributed by atoms with Crippen LogP contribution in [0.5, 0.6) is 0 Å². The van der Waals surface area contributed by atoms with E-state index in [1.165, 1.54) is 154 Å². The van der Waals surface area contributed by atoms with Crippen LogP contribution >= 0.6 is 0 Å². The molecule has 0 aliphatic rings. The first-order valence-electron chi connectivity index (χ1n) is 26.1. The molecule has 0 saturated carbocycles. The van der Waals surface area contributed by atoms with Crippen molar-refractivity contribution in [2.45, 2.75) is 271 Å². The molecule has 0 aromatic carbocycles. The molecule has 0 heterocycles. The molecule has 1 unspecified atom stereocenters. The van der Waals surface area contributed by atoms with Gasteiger partial charge in [-0.1, -0.05) is 236 Å². The number of hydrogen-bond acceptors (Lipinski definition) is 6. The van der Waals surface area contributed by atoms with Gasteiger partial charge in [-0.05, 0) is 57.8 Å². The molecule has 0 N–H and O–H groups in total. The molecule has 0 bridgehead atoms. The van der Waals surface area contributed by atoms with Crippen molar-refractivity contribution in [2.24, 2.45) is 0 Å². The van der Waals surface area contributed by atoms with Gasteiger partial charge in [0.1, 0.15) is 13.2 Å². The minimum atomic E-state index is -0.789. The van der Waals surface area contributed by atoms with Crippen molar-refractivity contribution >= 4 is 17.9 Å². The third kappa shape index (κ3) is 48.3. The zero-order valence-electron chi connectivity index (χ0n) is 40.4. The predicted octanol–water partition coefficient (Wildman–Crippen LogP) is 17.1. The molecule has 0 aliphatic heterocycles. The second kappa shape index (κ2) is 50.0. The van der Waals surface area contributed by atoms with Gasteiger partial charge in [-0.3, -0.25) is 14.4 Å². The Kier molecular flexibility index (Phi) is 47.9. The molecule has 0 fully saturated rings. The lowest BCUT2D eigenvalue weighted by Crippen LogP contribution is -2.30. The molecule has 1 atom stereocenters. The van der Waals surface area contributed by atoms with E-state index in [2.05, 4.69) is 69.4 Å². The van der Waals surface area contributed by atoms with Crippen molar-refractivity contribution in [1.82, 2.24) is 0 Å². The number of hydrogen-bond donors (Lipinski definition) is 0. The Bertz CT molecular complexity index is 1070. The van der Waals surface area contributed by atoms with Crippen molar-refractivity contribution in [3.8, 4) is 0 Å². The van der Waals surface area contributed by atoms with Gasteiger partial charge in [0.2, 0.25) is 0 Å². The molecule has 0 aromatic heterocycles.